The average molecular weight is 349 g/mol. The van der Waals surface area contributed by atoms with Crippen LogP contribution in [0, 0.1) is 0 Å². The van der Waals surface area contributed by atoms with Crippen molar-refractivity contribution in [2.75, 3.05) is 43.1 Å². The lowest BCUT2D eigenvalue weighted by molar-refractivity contribution is -0.118. The summed E-state index contributed by atoms with van der Waals surface area (Å²) in [7, 11) is 0. The Balaban J connectivity index is 1.76. The number of thioether (sulfide) groups is 1. The van der Waals surface area contributed by atoms with Crippen LogP contribution in [0.2, 0.25) is 0 Å². The van der Waals surface area contributed by atoms with Crippen LogP contribution in [0.25, 0.3) is 0 Å². The average Bonchev–Trinajstić information content (AvgIpc) is 3.03. The number of carbonyl (C=O) groups excluding carboxylic acids is 1. The Morgan fingerprint density at radius 3 is 2.96 bits per heavy atom. The van der Waals surface area contributed by atoms with Crippen LogP contribution in [0.3, 0.4) is 0 Å². The Labute approximate surface area is 149 Å². The number of rotatable bonds is 8. The van der Waals surface area contributed by atoms with Gasteiger partial charge in [-0.15, -0.1) is 0 Å². The maximum absolute atomic E-state index is 12.4. The van der Waals surface area contributed by atoms with Crippen LogP contribution < -0.4 is 15.5 Å². The van der Waals surface area contributed by atoms with Crippen molar-refractivity contribution in [3.63, 3.8) is 0 Å². The number of fused-ring (bicyclic) bond motifs is 1. The highest BCUT2D eigenvalue weighted by Crippen LogP contribution is 2.27. The molecule has 0 aliphatic carbocycles. The molecule has 0 unspecified atom stereocenters. The molecule has 0 aromatic heterocycles. The smallest absolute Gasteiger partial charge is 0.227 e. The zero-order chi connectivity index (χ0) is 17.2. The summed E-state index contributed by atoms with van der Waals surface area (Å²) in [5.41, 5.74) is 2.36. The fourth-order valence-corrected chi connectivity index (χ4v) is 3.07. The molecule has 0 spiro atoms. The van der Waals surface area contributed by atoms with Crippen molar-refractivity contribution in [1.82, 2.24) is 10.6 Å². The predicted molar refractivity (Wildman–Crippen MR) is 104 cm³/mol. The molecular formula is C18H28N4OS. The maximum Gasteiger partial charge on any atom is 0.227 e. The van der Waals surface area contributed by atoms with Crippen LogP contribution in [0.5, 0.6) is 0 Å². The number of hydrogen-bond donors (Lipinski definition) is 2. The molecule has 0 saturated heterocycles. The van der Waals surface area contributed by atoms with E-state index in [9.17, 15) is 4.79 Å². The Morgan fingerprint density at radius 2 is 2.17 bits per heavy atom. The first-order valence-electron chi connectivity index (χ1n) is 8.65. The highest BCUT2D eigenvalue weighted by molar-refractivity contribution is 7.98. The van der Waals surface area contributed by atoms with E-state index in [1.54, 1.807) is 0 Å². The van der Waals surface area contributed by atoms with E-state index in [2.05, 4.69) is 34.9 Å². The zero-order valence-corrected chi connectivity index (χ0v) is 15.5. The van der Waals surface area contributed by atoms with Crippen LogP contribution in [-0.2, 0) is 11.2 Å². The minimum atomic E-state index is 0.204. The van der Waals surface area contributed by atoms with Gasteiger partial charge < -0.3 is 15.5 Å². The van der Waals surface area contributed by atoms with Crippen molar-refractivity contribution < 1.29 is 4.79 Å². The zero-order valence-electron chi connectivity index (χ0n) is 14.7. The molecule has 1 aliphatic heterocycles. The number of guanidine groups is 1. The van der Waals surface area contributed by atoms with Crippen molar-refractivity contribution >= 4 is 29.3 Å². The number of aliphatic imine (C=N–C) groups is 1. The van der Waals surface area contributed by atoms with Crippen LogP contribution in [0.15, 0.2) is 29.3 Å². The second kappa shape index (κ2) is 10.2. The van der Waals surface area contributed by atoms with Gasteiger partial charge in [0, 0.05) is 44.0 Å². The first-order chi connectivity index (χ1) is 11.8. The molecule has 24 heavy (non-hydrogen) atoms. The maximum atomic E-state index is 12.4. The van der Waals surface area contributed by atoms with Gasteiger partial charge in [0.05, 0.1) is 0 Å². The molecule has 2 rings (SSSR count). The third kappa shape index (κ3) is 5.44. The number of anilines is 1. The van der Waals surface area contributed by atoms with Gasteiger partial charge in [-0.05, 0) is 37.7 Å². The van der Waals surface area contributed by atoms with E-state index in [4.69, 9.17) is 0 Å². The van der Waals surface area contributed by atoms with E-state index >= 15 is 0 Å². The van der Waals surface area contributed by atoms with Crippen molar-refractivity contribution in [1.29, 1.82) is 0 Å². The number of amides is 1. The second-order valence-corrected chi connectivity index (χ2v) is 6.69. The lowest BCUT2D eigenvalue weighted by atomic mass is 10.2. The number of hydrogen-bond acceptors (Lipinski definition) is 3. The van der Waals surface area contributed by atoms with E-state index in [0.29, 0.717) is 13.0 Å². The predicted octanol–water partition coefficient (Wildman–Crippen LogP) is 2.27. The molecule has 2 N–H and O–H groups in total. The number of nitrogens with one attached hydrogen (secondary N) is 2. The summed E-state index contributed by atoms with van der Waals surface area (Å²) in [6, 6.07) is 8.18. The summed E-state index contributed by atoms with van der Waals surface area (Å²) in [5, 5.41) is 6.53. The molecule has 0 atom stereocenters. The fraction of sp³-hybridized carbons (Fsp3) is 0.556. The highest BCUT2D eigenvalue weighted by atomic mass is 32.2. The molecule has 1 aromatic carbocycles. The van der Waals surface area contributed by atoms with Crippen LogP contribution in [0.1, 0.15) is 25.3 Å². The normalized spacial score (nSPS) is 13.8. The number of benzene rings is 1. The summed E-state index contributed by atoms with van der Waals surface area (Å²) < 4.78 is 0. The minimum Gasteiger partial charge on any atom is -0.357 e. The first kappa shape index (κ1) is 18.6. The summed E-state index contributed by atoms with van der Waals surface area (Å²) >= 11 is 1.81. The lowest BCUT2D eigenvalue weighted by Crippen LogP contribution is -2.38. The van der Waals surface area contributed by atoms with Crippen molar-refractivity contribution in [2.24, 2.45) is 4.99 Å². The summed E-state index contributed by atoms with van der Waals surface area (Å²) in [4.78, 5) is 18.9. The minimum absolute atomic E-state index is 0.204. The van der Waals surface area contributed by atoms with Gasteiger partial charge in [-0.2, -0.15) is 11.8 Å². The number of carbonyl (C=O) groups is 1. The van der Waals surface area contributed by atoms with E-state index in [-0.39, 0.29) is 5.91 Å². The van der Waals surface area contributed by atoms with Gasteiger partial charge in [0.2, 0.25) is 5.91 Å². The molecule has 5 nitrogen and oxygen atoms in total. The molecule has 0 saturated carbocycles. The fourth-order valence-electron chi connectivity index (χ4n) is 2.77. The largest absolute Gasteiger partial charge is 0.357 e. The molecular weight excluding hydrogens is 320 g/mol. The van der Waals surface area contributed by atoms with Gasteiger partial charge in [0.25, 0.3) is 0 Å². The monoisotopic (exact) mass is 348 g/mol. The summed E-state index contributed by atoms with van der Waals surface area (Å²) in [6.45, 7) is 5.27. The van der Waals surface area contributed by atoms with Crippen LogP contribution >= 0.6 is 11.8 Å². The summed E-state index contributed by atoms with van der Waals surface area (Å²) in [6.07, 6.45) is 4.37. The first-order valence-corrected chi connectivity index (χ1v) is 10.0. The van der Waals surface area contributed by atoms with Gasteiger partial charge >= 0.3 is 0 Å². The third-order valence-electron chi connectivity index (χ3n) is 3.95. The molecule has 0 radical (unpaired) electrons. The Morgan fingerprint density at radius 1 is 1.33 bits per heavy atom. The Bertz CT molecular complexity index is 562. The standard InChI is InChI=1S/C18H28N4OS/c1-3-19-18(21-12-14-24-2)20-11-6-9-17(23)22-13-10-15-7-4-5-8-16(15)22/h4-5,7-8H,3,6,9-14H2,1-2H3,(H2,19,20,21). The molecule has 1 amide bonds. The Hall–Kier alpha value is -1.69. The highest BCUT2D eigenvalue weighted by Gasteiger charge is 2.23. The molecule has 1 aromatic rings. The molecule has 132 valence electrons. The third-order valence-corrected chi connectivity index (χ3v) is 4.56. The van der Waals surface area contributed by atoms with Crippen LogP contribution in [-0.4, -0.2) is 50.1 Å². The molecule has 0 fully saturated rings. The van der Waals surface area contributed by atoms with E-state index in [0.717, 1.165) is 49.9 Å². The van der Waals surface area contributed by atoms with Crippen molar-refractivity contribution in [3.8, 4) is 0 Å². The number of nitrogens with zero attached hydrogens (tertiary/aromatic N) is 2. The molecule has 1 heterocycles. The van der Waals surface area contributed by atoms with E-state index < -0.39 is 0 Å². The van der Waals surface area contributed by atoms with Gasteiger partial charge in [-0.3, -0.25) is 9.79 Å². The second-order valence-electron chi connectivity index (χ2n) is 5.71. The molecule has 6 heteroatoms. The molecule has 1 aliphatic rings. The van der Waals surface area contributed by atoms with Gasteiger partial charge in [-0.25, -0.2) is 0 Å². The quantitative estimate of drug-likeness (QED) is 0.430. The van der Waals surface area contributed by atoms with Gasteiger partial charge in [-0.1, -0.05) is 18.2 Å². The summed E-state index contributed by atoms with van der Waals surface area (Å²) in [5.74, 6) is 2.10. The number of para-hydroxylation sites is 1. The van der Waals surface area contributed by atoms with Crippen molar-refractivity contribution in [2.45, 2.75) is 26.2 Å². The lowest BCUT2D eigenvalue weighted by Gasteiger charge is -2.17. The Kier molecular flexibility index (Phi) is 7.95. The van der Waals surface area contributed by atoms with E-state index in [1.807, 2.05) is 34.9 Å². The SMILES string of the molecule is CCNC(=NCCCC(=O)N1CCc2ccccc21)NCCSC. The van der Waals surface area contributed by atoms with Gasteiger partial charge in [0.15, 0.2) is 5.96 Å². The molecule has 0 bridgehead atoms. The topological polar surface area (TPSA) is 56.7 Å². The van der Waals surface area contributed by atoms with Crippen LogP contribution in [0.4, 0.5) is 5.69 Å². The van der Waals surface area contributed by atoms with Gasteiger partial charge in [0.1, 0.15) is 0 Å². The van der Waals surface area contributed by atoms with E-state index in [1.165, 1.54) is 5.56 Å². The van der Waals surface area contributed by atoms with Crippen molar-refractivity contribution in [3.05, 3.63) is 29.8 Å².